The molecular formula is C17H30N4O. The summed E-state index contributed by atoms with van der Waals surface area (Å²) >= 11 is 0. The zero-order chi connectivity index (χ0) is 15.2. The summed E-state index contributed by atoms with van der Waals surface area (Å²) in [6.45, 7) is 11.3. The summed E-state index contributed by atoms with van der Waals surface area (Å²) in [5.74, 6) is 0.882. The van der Waals surface area contributed by atoms with Crippen molar-refractivity contribution in [1.82, 2.24) is 19.6 Å². The largest absolute Gasteiger partial charge is 0.379 e. The summed E-state index contributed by atoms with van der Waals surface area (Å²) in [6, 6.07) is 2.66. The Kier molecular flexibility index (Phi) is 5.87. The molecule has 5 heteroatoms. The van der Waals surface area contributed by atoms with Crippen LogP contribution in [0.25, 0.3) is 0 Å². The van der Waals surface area contributed by atoms with Crippen molar-refractivity contribution < 1.29 is 4.74 Å². The Balaban J connectivity index is 1.35. The molecule has 0 spiro atoms. The van der Waals surface area contributed by atoms with E-state index in [9.17, 15) is 0 Å². The molecule has 0 saturated carbocycles. The fourth-order valence-corrected chi connectivity index (χ4v) is 3.66. The van der Waals surface area contributed by atoms with Crippen molar-refractivity contribution in [2.45, 2.75) is 38.8 Å². The van der Waals surface area contributed by atoms with E-state index in [2.05, 4.69) is 28.0 Å². The third-order valence-corrected chi connectivity index (χ3v) is 5.23. The minimum absolute atomic E-state index is 0.661. The Labute approximate surface area is 134 Å². The molecule has 0 radical (unpaired) electrons. The maximum absolute atomic E-state index is 5.44. The highest BCUT2D eigenvalue weighted by Crippen LogP contribution is 2.21. The van der Waals surface area contributed by atoms with E-state index in [4.69, 9.17) is 4.74 Å². The lowest BCUT2D eigenvalue weighted by Gasteiger charge is -2.38. The monoisotopic (exact) mass is 306 g/mol. The van der Waals surface area contributed by atoms with Crippen LogP contribution >= 0.6 is 0 Å². The molecule has 2 aliphatic rings. The van der Waals surface area contributed by atoms with E-state index in [1.54, 1.807) is 0 Å². The van der Waals surface area contributed by atoms with Gasteiger partial charge in [0.1, 0.15) is 0 Å². The van der Waals surface area contributed by atoms with Crippen molar-refractivity contribution in [2.24, 2.45) is 5.92 Å². The highest BCUT2D eigenvalue weighted by Gasteiger charge is 2.24. The fraction of sp³-hybridized carbons (Fsp3) is 0.824. The van der Waals surface area contributed by atoms with Crippen molar-refractivity contribution in [1.29, 1.82) is 0 Å². The molecule has 0 bridgehead atoms. The van der Waals surface area contributed by atoms with Crippen LogP contribution in [0.4, 0.5) is 0 Å². The molecule has 1 atom stereocenters. The summed E-state index contributed by atoms with van der Waals surface area (Å²) in [6.07, 6.45) is 7.81. The van der Waals surface area contributed by atoms with E-state index in [1.165, 1.54) is 38.9 Å². The number of aromatic nitrogens is 2. The first-order chi connectivity index (χ1) is 10.8. The van der Waals surface area contributed by atoms with E-state index >= 15 is 0 Å². The van der Waals surface area contributed by atoms with Gasteiger partial charge >= 0.3 is 0 Å². The SMILES string of the molecule is CC(CCn1cccn1)N1CCC(CN2CCOCC2)CC1. The lowest BCUT2D eigenvalue weighted by molar-refractivity contribution is 0.0224. The first kappa shape index (κ1) is 16.0. The van der Waals surface area contributed by atoms with E-state index < -0.39 is 0 Å². The normalized spacial score (nSPS) is 23.7. The number of nitrogens with zero attached hydrogens (tertiary/aromatic N) is 4. The molecule has 0 N–H and O–H groups in total. The number of hydrogen-bond acceptors (Lipinski definition) is 4. The van der Waals surface area contributed by atoms with Crippen molar-refractivity contribution in [2.75, 3.05) is 45.9 Å². The van der Waals surface area contributed by atoms with Gasteiger partial charge in [-0.2, -0.15) is 5.10 Å². The average Bonchev–Trinajstić information content (AvgIpc) is 3.08. The van der Waals surface area contributed by atoms with Gasteiger partial charge in [0.25, 0.3) is 0 Å². The van der Waals surface area contributed by atoms with Crippen molar-refractivity contribution in [3.8, 4) is 0 Å². The minimum Gasteiger partial charge on any atom is -0.379 e. The van der Waals surface area contributed by atoms with Crippen LogP contribution in [0.2, 0.25) is 0 Å². The van der Waals surface area contributed by atoms with Crippen LogP contribution in [0.3, 0.4) is 0 Å². The first-order valence-corrected chi connectivity index (χ1v) is 8.83. The van der Waals surface area contributed by atoms with E-state index in [1.807, 2.05) is 16.9 Å². The third-order valence-electron chi connectivity index (χ3n) is 5.23. The molecule has 0 aliphatic carbocycles. The van der Waals surface area contributed by atoms with Gasteiger partial charge in [0, 0.05) is 44.6 Å². The summed E-state index contributed by atoms with van der Waals surface area (Å²) in [5.41, 5.74) is 0. The molecule has 5 nitrogen and oxygen atoms in total. The molecule has 2 fully saturated rings. The van der Waals surface area contributed by atoms with E-state index in [-0.39, 0.29) is 0 Å². The van der Waals surface area contributed by atoms with Crippen LogP contribution in [-0.4, -0.2) is 71.6 Å². The molecule has 124 valence electrons. The number of morpholine rings is 1. The Morgan fingerprint density at radius 2 is 1.95 bits per heavy atom. The van der Waals surface area contributed by atoms with Gasteiger partial charge in [-0.25, -0.2) is 0 Å². The lowest BCUT2D eigenvalue weighted by atomic mass is 9.94. The zero-order valence-electron chi connectivity index (χ0n) is 13.9. The molecule has 1 aromatic heterocycles. The number of hydrogen-bond donors (Lipinski definition) is 0. The zero-order valence-corrected chi connectivity index (χ0v) is 13.9. The fourth-order valence-electron chi connectivity index (χ4n) is 3.66. The van der Waals surface area contributed by atoms with Gasteiger partial charge < -0.3 is 9.64 Å². The van der Waals surface area contributed by atoms with Crippen LogP contribution in [0.5, 0.6) is 0 Å². The molecule has 3 rings (SSSR count). The minimum atomic E-state index is 0.661. The highest BCUT2D eigenvalue weighted by molar-refractivity contribution is 4.81. The quantitative estimate of drug-likeness (QED) is 0.801. The maximum Gasteiger partial charge on any atom is 0.0594 e. The summed E-state index contributed by atoms with van der Waals surface area (Å²) < 4.78 is 7.48. The molecule has 1 aromatic rings. The van der Waals surface area contributed by atoms with Gasteiger partial charge in [0.05, 0.1) is 13.2 Å². The number of likely N-dealkylation sites (tertiary alicyclic amines) is 1. The van der Waals surface area contributed by atoms with Crippen LogP contribution in [0.1, 0.15) is 26.2 Å². The second-order valence-corrected chi connectivity index (χ2v) is 6.80. The molecule has 22 heavy (non-hydrogen) atoms. The summed E-state index contributed by atoms with van der Waals surface area (Å²) in [5, 5.41) is 4.29. The van der Waals surface area contributed by atoms with Gasteiger partial charge in [0.15, 0.2) is 0 Å². The maximum atomic E-state index is 5.44. The Bertz CT molecular complexity index is 408. The van der Waals surface area contributed by atoms with E-state index in [0.717, 1.165) is 38.8 Å². The number of aryl methyl sites for hydroxylation is 1. The Morgan fingerprint density at radius 1 is 1.18 bits per heavy atom. The molecule has 0 amide bonds. The molecule has 2 saturated heterocycles. The van der Waals surface area contributed by atoms with Crippen molar-refractivity contribution >= 4 is 0 Å². The second kappa shape index (κ2) is 8.09. The smallest absolute Gasteiger partial charge is 0.0594 e. The van der Waals surface area contributed by atoms with Gasteiger partial charge in [0.2, 0.25) is 0 Å². The predicted molar refractivity (Wildman–Crippen MR) is 87.9 cm³/mol. The molecule has 3 heterocycles. The van der Waals surface area contributed by atoms with Crippen molar-refractivity contribution in [3.05, 3.63) is 18.5 Å². The van der Waals surface area contributed by atoms with Gasteiger partial charge in [-0.15, -0.1) is 0 Å². The molecular weight excluding hydrogens is 276 g/mol. The standard InChI is InChI=1S/C17H30N4O/c1-16(3-10-21-7-2-6-18-21)20-8-4-17(5-9-20)15-19-11-13-22-14-12-19/h2,6-7,16-17H,3-5,8-15H2,1H3. The Morgan fingerprint density at radius 3 is 2.64 bits per heavy atom. The highest BCUT2D eigenvalue weighted by atomic mass is 16.5. The topological polar surface area (TPSA) is 33.5 Å². The van der Waals surface area contributed by atoms with Crippen LogP contribution in [0, 0.1) is 5.92 Å². The Hall–Kier alpha value is -0.910. The van der Waals surface area contributed by atoms with Crippen LogP contribution < -0.4 is 0 Å². The summed E-state index contributed by atoms with van der Waals surface area (Å²) in [4.78, 5) is 5.25. The number of ether oxygens (including phenoxy) is 1. The molecule has 1 unspecified atom stereocenters. The average molecular weight is 306 g/mol. The van der Waals surface area contributed by atoms with Crippen LogP contribution in [-0.2, 0) is 11.3 Å². The first-order valence-electron chi connectivity index (χ1n) is 8.83. The van der Waals surface area contributed by atoms with Gasteiger partial charge in [-0.1, -0.05) is 0 Å². The van der Waals surface area contributed by atoms with Crippen LogP contribution in [0.15, 0.2) is 18.5 Å². The number of rotatable bonds is 6. The molecule has 0 aromatic carbocycles. The van der Waals surface area contributed by atoms with Gasteiger partial charge in [-0.3, -0.25) is 9.58 Å². The van der Waals surface area contributed by atoms with E-state index in [0.29, 0.717) is 6.04 Å². The van der Waals surface area contributed by atoms with Gasteiger partial charge in [-0.05, 0) is 51.3 Å². The number of piperidine rings is 1. The third kappa shape index (κ3) is 4.54. The predicted octanol–water partition coefficient (Wildman–Crippen LogP) is 1.71. The lowest BCUT2D eigenvalue weighted by Crippen LogP contribution is -2.45. The summed E-state index contributed by atoms with van der Waals surface area (Å²) in [7, 11) is 0. The second-order valence-electron chi connectivity index (χ2n) is 6.80. The van der Waals surface area contributed by atoms with Crippen molar-refractivity contribution in [3.63, 3.8) is 0 Å². The molecule has 2 aliphatic heterocycles.